The van der Waals surface area contributed by atoms with Crippen molar-refractivity contribution in [3.8, 4) is 0 Å². The molecule has 92 valence electrons. The van der Waals surface area contributed by atoms with E-state index < -0.39 is 0 Å². The molecule has 1 amide bonds. The van der Waals surface area contributed by atoms with E-state index in [4.69, 9.17) is 12.2 Å². The Labute approximate surface area is 108 Å². The topological polar surface area (TPSA) is 41.1 Å². The van der Waals surface area contributed by atoms with E-state index >= 15 is 0 Å². The number of carbonyl (C=O) groups is 1. The molecule has 0 bridgehead atoms. The fraction of sp³-hybridized carbons (Fsp3) is 0.385. The second-order valence-electron chi connectivity index (χ2n) is 3.78. The Bertz CT molecular complexity index is 370. The van der Waals surface area contributed by atoms with E-state index in [0.717, 1.165) is 30.7 Å². The molecule has 3 nitrogen and oxygen atoms in total. The van der Waals surface area contributed by atoms with E-state index in [-0.39, 0.29) is 5.91 Å². The Morgan fingerprint density at radius 1 is 1.59 bits per heavy atom. The molecular weight excluding hydrogens is 232 g/mol. The van der Waals surface area contributed by atoms with Crippen LogP contribution in [0.15, 0.2) is 35.7 Å². The third-order valence-corrected chi connectivity index (χ3v) is 2.53. The highest BCUT2D eigenvalue weighted by atomic mass is 32.1. The molecule has 0 saturated heterocycles. The Kier molecular flexibility index (Phi) is 6.25. The standard InChI is InChI=1S/C13H18N2OS/c1-2-13(16)15-12-8-6-4-3-5-7-11(9-12)14-10-17/h4,6,8-10H,2-3,5,7H2,1H3,(H,14,17)(H,15,16)/b6-4-,11-9?,12-8?. The first kappa shape index (κ1) is 13.6. The molecule has 1 rings (SSSR count). The van der Waals surface area contributed by atoms with Gasteiger partial charge < -0.3 is 10.6 Å². The summed E-state index contributed by atoms with van der Waals surface area (Å²) in [5, 5.41) is 5.89. The van der Waals surface area contributed by atoms with Crippen LogP contribution in [-0.2, 0) is 4.79 Å². The molecule has 0 radical (unpaired) electrons. The summed E-state index contributed by atoms with van der Waals surface area (Å²) < 4.78 is 0. The SMILES string of the molecule is CCC(=O)NC1=C/C=C\CCCC(NC=S)=C1. The van der Waals surface area contributed by atoms with Gasteiger partial charge in [0.25, 0.3) is 0 Å². The van der Waals surface area contributed by atoms with Gasteiger partial charge in [0.05, 0.1) is 5.49 Å². The summed E-state index contributed by atoms with van der Waals surface area (Å²) in [6, 6.07) is 0. The quantitative estimate of drug-likeness (QED) is 0.753. The molecule has 17 heavy (non-hydrogen) atoms. The fourth-order valence-electron chi connectivity index (χ4n) is 1.50. The van der Waals surface area contributed by atoms with Crippen LogP contribution in [-0.4, -0.2) is 11.4 Å². The minimum absolute atomic E-state index is 0.0156. The van der Waals surface area contributed by atoms with Crippen LogP contribution in [0.2, 0.25) is 0 Å². The lowest BCUT2D eigenvalue weighted by Gasteiger charge is -2.08. The van der Waals surface area contributed by atoms with E-state index in [1.807, 2.05) is 25.2 Å². The molecule has 0 fully saturated rings. The average Bonchev–Trinajstić information content (AvgIpc) is 2.42. The lowest BCUT2D eigenvalue weighted by atomic mass is 10.2. The minimum atomic E-state index is 0.0156. The van der Waals surface area contributed by atoms with E-state index in [1.165, 1.54) is 5.49 Å². The highest BCUT2D eigenvalue weighted by Crippen LogP contribution is 2.10. The van der Waals surface area contributed by atoms with Crippen molar-refractivity contribution in [1.29, 1.82) is 0 Å². The number of hydrogen-bond donors (Lipinski definition) is 2. The number of thiocarbonyl (C=S) groups is 1. The highest BCUT2D eigenvalue weighted by Gasteiger charge is 2.03. The molecule has 0 aliphatic heterocycles. The van der Waals surface area contributed by atoms with Gasteiger partial charge in [-0.25, -0.2) is 0 Å². The van der Waals surface area contributed by atoms with Crippen LogP contribution in [0.25, 0.3) is 0 Å². The third kappa shape index (κ3) is 5.45. The Hall–Kier alpha value is -1.42. The molecule has 0 spiro atoms. The number of carbonyl (C=O) groups excluding carboxylic acids is 1. The molecule has 1 aliphatic carbocycles. The second-order valence-corrected chi connectivity index (χ2v) is 4.01. The predicted molar refractivity (Wildman–Crippen MR) is 74.4 cm³/mol. The monoisotopic (exact) mass is 250 g/mol. The van der Waals surface area contributed by atoms with Crippen LogP contribution in [0.1, 0.15) is 32.6 Å². The number of allylic oxidation sites excluding steroid dienone is 5. The first-order chi connectivity index (χ1) is 8.26. The van der Waals surface area contributed by atoms with Crippen molar-refractivity contribution < 1.29 is 4.79 Å². The Morgan fingerprint density at radius 2 is 2.41 bits per heavy atom. The Morgan fingerprint density at radius 3 is 3.12 bits per heavy atom. The van der Waals surface area contributed by atoms with Gasteiger partial charge in [0.1, 0.15) is 0 Å². The van der Waals surface area contributed by atoms with Gasteiger partial charge in [0, 0.05) is 17.8 Å². The van der Waals surface area contributed by atoms with Gasteiger partial charge in [-0.1, -0.05) is 31.3 Å². The van der Waals surface area contributed by atoms with Crippen LogP contribution in [0.4, 0.5) is 0 Å². The minimum Gasteiger partial charge on any atom is -0.356 e. The summed E-state index contributed by atoms with van der Waals surface area (Å²) in [5.74, 6) is 0.0156. The molecule has 0 unspecified atom stereocenters. The lowest BCUT2D eigenvalue weighted by Crippen LogP contribution is -2.21. The first-order valence-electron chi connectivity index (χ1n) is 5.83. The van der Waals surface area contributed by atoms with E-state index in [1.54, 1.807) is 0 Å². The lowest BCUT2D eigenvalue weighted by molar-refractivity contribution is -0.120. The maximum atomic E-state index is 11.4. The van der Waals surface area contributed by atoms with Gasteiger partial charge in [-0.2, -0.15) is 0 Å². The van der Waals surface area contributed by atoms with Crippen molar-refractivity contribution in [3.05, 3.63) is 35.7 Å². The predicted octanol–water partition coefficient (Wildman–Crippen LogP) is 2.57. The molecule has 4 heteroatoms. The van der Waals surface area contributed by atoms with Crippen molar-refractivity contribution in [2.45, 2.75) is 32.6 Å². The van der Waals surface area contributed by atoms with Crippen molar-refractivity contribution in [1.82, 2.24) is 10.6 Å². The molecule has 1 aliphatic rings. The van der Waals surface area contributed by atoms with Crippen LogP contribution in [0, 0.1) is 0 Å². The van der Waals surface area contributed by atoms with Crippen LogP contribution in [0.5, 0.6) is 0 Å². The van der Waals surface area contributed by atoms with Crippen LogP contribution >= 0.6 is 12.2 Å². The van der Waals surface area contributed by atoms with Crippen molar-refractivity contribution in [2.24, 2.45) is 0 Å². The third-order valence-electron chi connectivity index (χ3n) is 2.41. The number of rotatable bonds is 4. The summed E-state index contributed by atoms with van der Waals surface area (Å²) in [6.45, 7) is 1.83. The number of nitrogens with one attached hydrogen (secondary N) is 2. The van der Waals surface area contributed by atoms with Gasteiger partial charge >= 0.3 is 0 Å². The van der Waals surface area contributed by atoms with E-state index in [0.29, 0.717) is 6.42 Å². The molecule has 0 atom stereocenters. The van der Waals surface area contributed by atoms with E-state index in [9.17, 15) is 4.79 Å². The fourth-order valence-corrected chi connectivity index (χ4v) is 1.65. The normalized spacial score (nSPS) is 17.7. The second kappa shape index (κ2) is 7.79. The van der Waals surface area contributed by atoms with Gasteiger partial charge in [-0.3, -0.25) is 4.79 Å². The van der Waals surface area contributed by atoms with E-state index in [2.05, 4.69) is 16.7 Å². The molecule has 2 N–H and O–H groups in total. The summed E-state index contributed by atoms with van der Waals surface area (Å²) in [5.41, 5.74) is 3.33. The van der Waals surface area contributed by atoms with Crippen molar-refractivity contribution >= 4 is 23.6 Å². The summed E-state index contributed by atoms with van der Waals surface area (Å²) in [6.07, 6.45) is 11.4. The van der Waals surface area contributed by atoms with Gasteiger partial charge in [-0.15, -0.1) is 0 Å². The molecule has 0 aromatic carbocycles. The molecule has 0 heterocycles. The van der Waals surface area contributed by atoms with Gasteiger partial charge in [0.15, 0.2) is 0 Å². The highest BCUT2D eigenvalue weighted by molar-refractivity contribution is 7.78. The largest absolute Gasteiger partial charge is 0.356 e. The smallest absolute Gasteiger partial charge is 0.224 e. The van der Waals surface area contributed by atoms with Crippen molar-refractivity contribution in [2.75, 3.05) is 0 Å². The van der Waals surface area contributed by atoms with Crippen LogP contribution in [0.3, 0.4) is 0 Å². The summed E-state index contributed by atoms with van der Waals surface area (Å²) >= 11 is 4.79. The zero-order chi connectivity index (χ0) is 12.5. The average molecular weight is 250 g/mol. The number of hydrogen-bond acceptors (Lipinski definition) is 2. The number of amides is 1. The molecule has 0 aromatic heterocycles. The zero-order valence-electron chi connectivity index (χ0n) is 10.0. The maximum Gasteiger partial charge on any atom is 0.224 e. The van der Waals surface area contributed by atoms with Gasteiger partial charge in [-0.05, 0) is 31.4 Å². The first-order valence-corrected chi connectivity index (χ1v) is 6.31. The molecule has 0 saturated carbocycles. The summed E-state index contributed by atoms with van der Waals surface area (Å²) in [7, 11) is 0. The maximum absolute atomic E-state index is 11.4. The zero-order valence-corrected chi connectivity index (χ0v) is 10.8. The van der Waals surface area contributed by atoms with Gasteiger partial charge in [0.2, 0.25) is 5.91 Å². The Balaban J connectivity index is 2.84. The van der Waals surface area contributed by atoms with Crippen molar-refractivity contribution in [3.63, 3.8) is 0 Å². The molecule has 0 aromatic rings. The van der Waals surface area contributed by atoms with Crippen LogP contribution < -0.4 is 10.6 Å². The summed E-state index contributed by atoms with van der Waals surface area (Å²) in [4.78, 5) is 11.4. The molecular formula is C13H18N2OS.